The molecule has 2 amide bonds. The number of nitrogens with zero attached hydrogens (tertiary/aromatic N) is 5. The van der Waals surface area contributed by atoms with E-state index in [9.17, 15) is 14.0 Å². The predicted octanol–water partition coefficient (Wildman–Crippen LogP) is 2.85. The Morgan fingerprint density at radius 1 is 1.30 bits per heavy atom. The number of likely N-dealkylation sites (tertiary alicyclic amines) is 1. The van der Waals surface area contributed by atoms with Crippen LogP contribution >= 0.6 is 0 Å². The number of benzene rings is 1. The zero-order valence-electron chi connectivity index (χ0n) is 20.2. The van der Waals surface area contributed by atoms with Crippen molar-refractivity contribution in [2.75, 3.05) is 26.7 Å². The van der Waals surface area contributed by atoms with Crippen molar-refractivity contribution < 1.29 is 27.3 Å². The summed E-state index contributed by atoms with van der Waals surface area (Å²) in [6.07, 6.45) is 5.68. The molecule has 3 aliphatic rings. The Balaban J connectivity index is 1.21. The van der Waals surface area contributed by atoms with Crippen LogP contribution in [0.25, 0.3) is 5.57 Å². The number of amides is 2. The first-order valence-corrected chi connectivity index (χ1v) is 11.8. The second-order valence-corrected chi connectivity index (χ2v) is 9.38. The van der Waals surface area contributed by atoms with Gasteiger partial charge in [-0.1, -0.05) is 23.4 Å². The van der Waals surface area contributed by atoms with Crippen LogP contribution in [0.15, 0.2) is 52.1 Å². The Morgan fingerprint density at radius 2 is 2.11 bits per heavy atom. The molecule has 1 aliphatic carbocycles. The summed E-state index contributed by atoms with van der Waals surface area (Å²) in [6, 6.07) is 4.96. The molecule has 37 heavy (non-hydrogen) atoms. The molecular weight excluding hydrogens is 489 g/mol. The topological polar surface area (TPSA) is 104 Å². The second-order valence-electron chi connectivity index (χ2n) is 9.38. The molecule has 3 heterocycles. The number of likely N-dealkylation sites (N-methyl/N-ethyl adjacent to an activating group) is 1. The number of piperidine rings is 1. The maximum absolute atomic E-state index is 15.1. The lowest BCUT2D eigenvalue weighted by Gasteiger charge is -2.36. The first-order valence-electron chi connectivity index (χ1n) is 11.8. The van der Waals surface area contributed by atoms with Gasteiger partial charge in [-0.2, -0.15) is 10.1 Å². The number of hydrazone groups is 1. The highest BCUT2D eigenvalue weighted by molar-refractivity contribution is 5.96. The summed E-state index contributed by atoms with van der Waals surface area (Å²) in [5.41, 5.74) is 1.69. The lowest BCUT2D eigenvalue weighted by Crippen LogP contribution is -2.52. The van der Waals surface area contributed by atoms with Gasteiger partial charge in [0.1, 0.15) is 11.7 Å². The van der Waals surface area contributed by atoms with E-state index < -0.39 is 42.6 Å². The highest BCUT2D eigenvalue weighted by Crippen LogP contribution is 2.40. The van der Waals surface area contributed by atoms with Gasteiger partial charge in [-0.15, -0.1) is 0 Å². The van der Waals surface area contributed by atoms with E-state index in [1.165, 1.54) is 18.2 Å². The van der Waals surface area contributed by atoms with Gasteiger partial charge in [0.05, 0.1) is 19.1 Å². The molecule has 5 rings (SSSR count). The number of rotatable bonds is 5. The quantitative estimate of drug-likeness (QED) is 0.658. The van der Waals surface area contributed by atoms with Gasteiger partial charge in [0.25, 0.3) is 11.8 Å². The van der Waals surface area contributed by atoms with Crippen LogP contribution in [0.3, 0.4) is 0 Å². The van der Waals surface area contributed by atoms with Crippen molar-refractivity contribution in [3.8, 4) is 0 Å². The van der Waals surface area contributed by atoms with Gasteiger partial charge in [0, 0.05) is 36.4 Å². The Labute approximate surface area is 210 Å². The average molecular weight is 515 g/mol. The second kappa shape index (κ2) is 9.49. The van der Waals surface area contributed by atoms with Gasteiger partial charge < -0.3 is 14.7 Å². The minimum atomic E-state index is -3.32. The van der Waals surface area contributed by atoms with Gasteiger partial charge >= 0.3 is 0 Å². The number of fused-ring (bicyclic) bond motifs is 1. The van der Waals surface area contributed by atoms with Crippen LogP contribution < -0.4 is 5.32 Å². The third kappa shape index (κ3) is 4.87. The number of halogens is 3. The first-order chi connectivity index (χ1) is 17.6. The van der Waals surface area contributed by atoms with Crippen molar-refractivity contribution in [2.24, 2.45) is 11.0 Å². The molecule has 3 atom stereocenters. The normalized spacial score (nSPS) is 24.4. The molecule has 1 aromatic carbocycles. The van der Waals surface area contributed by atoms with Gasteiger partial charge in [-0.25, -0.2) is 13.2 Å². The van der Waals surface area contributed by atoms with Crippen molar-refractivity contribution >= 4 is 23.1 Å². The summed E-state index contributed by atoms with van der Waals surface area (Å²) in [7, 11) is 1.87. The van der Waals surface area contributed by atoms with Crippen LogP contribution in [-0.2, 0) is 4.79 Å². The minimum absolute atomic E-state index is 0.000882. The molecule has 0 radical (unpaired) electrons. The predicted molar refractivity (Wildman–Crippen MR) is 127 cm³/mol. The van der Waals surface area contributed by atoms with Crippen LogP contribution in [-0.4, -0.2) is 76.2 Å². The molecule has 2 aromatic rings. The molecule has 1 fully saturated rings. The van der Waals surface area contributed by atoms with E-state index in [2.05, 4.69) is 20.6 Å². The fraction of sp³-hybridized carbons (Fsp3) is 0.400. The van der Waals surface area contributed by atoms with Crippen LogP contribution in [0.1, 0.15) is 41.3 Å². The lowest BCUT2D eigenvalue weighted by molar-refractivity contribution is -0.144. The zero-order valence-corrected chi connectivity index (χ0v) is 20.2. The fourth-order valence-corrected chi connectivity index (χ4v) is 4.87. The smallest absolute Gasteiger partial charge is 0.276 e. The Kier molecular flexibility index (Phi) is 6.34. The van der Waals surface area contributed by atoms with Crippen LogP contribution in [0, 0.1) is 11.7 Å². The average Bonchev–Trinajstić information content (AvgIpc) is 3.46. The van der Waals surface area contributed by atoms with Crippen molar-refractivity contribution in [3.05, 3.63) is 65.6 Å². The summed E-state index contributed by atoms with van der Waals surface area (Å²) in [4.78, 5) is 29.9. The number of allylic oxidation sites excluding steroid dienone is 2. The molecule has 2 aliphatic heterocycles. The molecule has 3 unspecified atom stereocenters. The summed E-state index contributed by atoms with van der Waals surface area (Å²) >= 11 is 0. The Morgan fingerprint density at radius 3 is 2.86 bits per heavy atom. The number of aromatic nitrogens is 2. The maximum Gasteiger partial charge on any atom is 0.276 e. The van der Waals surface area contributed by atoms with Crippen molar-refractivity contribution in [2.45, 2.75) is 31.2 Å². The number of hydrogen-bond acceptors (Lipinski definition) is 7. The molecule has 12 heteroatoms. The maximum atomic E-state index is 15.1. The lowest BCUT2D eigenvalue weighted by atomic mass is 9.89. The number of carbonyl (C=O) groups excluding carboxylic acids is 2. The third-order valence-corrected chi connectivity index (χ3v) is 6.87. The number of carbonyl (C=O) groups is 2. The van der Waals surface area contributed by atoms with Gasteiger partial charge in [0.2, 0.25) is 17.6 Å². The fourth-order valence-electron chi connectivity index (χ4n) is 4.87. The van der Waals surface area contributed by atoms with E-state index in [1.54, 1.807) is 0 Å². The van der Waals surface area contributed by atoms with E-state index in [0.29, 0.717) is 5.57 Å². The van der Waals surface area contributed by atoms with Crippen LogP contribution in [0.2, 0.25) is 0 Å². The molecule has 1 aromatic heterocycles. The SMILES string of the molecule is CC1=NN(C)C2C=C(c3noc(C4CCN(C(=O)CNC(=O)c5cccc(F)c5)CC4(F)F)n3)C=CC12. The van der Waals surface area contributed by atoms with E-state index in [1.807, 2.05) is 37.2 Å². The van der Waals surface area contributed by atoms with Gasteiger partial charge in [-0.05, 0) is 37.6 Å². The van der Waals surface area contributed by atoms with Crippen molar-refractivity contribution in [1.82, 2.24) is 25.4 Å². The number of alkyl halides is 2. The highest BCUT2D eigenvalue weighted by atomic mass is 19.3. The molecule has 1 N–H and O–H groups in total. The van der Waals surface area contributed by atoms with Gasteiger partial charge in [0.15, 0.2) is 0 Å². The van der Waals surface area contributed by atoms with E-state index in [0.717, 1.165) is 16.7 Å². The summed E-state index contributed by atoms with van der Waals surface area (Å²) in [6.45, 7) is 0.646. The molecule has 0 bridgehead atoms. The highest BCUT2D eigenvalue weighted by Gasteiger charge is 2.49. The third-order valence-electron chi connectivity index (χ3n) is 6.87. The van der Waals surface area contributed by atoms with Crippen LogP contribution in [0.5, 0.6) is 0 Å². The first kappa shape index (κ1) is 24.7. The Hall–Kier alpha value is -3.96. The molecule has 1 saturated heterocycles. The van der Waals surface area contributed by atoms with Gasteiger partial charge in [-0.3, -0.25) is 14.6 Å². The largest absolute Gasteiger partial charge is 0.343 e. The number of hydrogen-bond donors (Lipinski definition) is 1. The van der Waals surface area contributed by atoms with Crippen molar-refractivity contribution in [3.63, 3.8) is 0 Å². The summed E-state index contributed by atoms with van der Waals surface area (Å²) < 4.78 is 48.7. The summed E-state index contributed by atoms with van der Waals surface area (Å²) in [5.74, 6) is -6.42. The van der Waals surface area contributed by atoms with Crippen LogP contribution in [0.4, 0.5) is 13.2 Å². The molecular formula is C25H25F3N6O3. The zero-order chi connectivity index (χ0) is 26.3. The van der Waals surface area contributed by atoms with E-state index in [4.69, 9.17) is 4.52 Å². The molecule has 0 spiro atoms. The monoisotopic (exact) mass is 514 g/mol. The molecule has 9 nitrogen and oxygen atoms in total. The minimum Gasteiger partial charge on any atom is -0.343 e. The van der Waals surface area contributed by atoms with Crippen molar-refractivity contribution in [1.29, 1.82) is 0 Å². The standard InChI is InChI=1S/C25H25F3N6O3/c1-14-18-7-6-15(11-20(18)33(2)31-14)22-30-24(37-32-22)19-8-9-34(13-25(19,27)28)21(35)12-29-23(36)16-4-3-5-17(26)10-16/h3-7,10-11,18-20H,8-9,12-13H2,1-2H3,(H,29,36). The molecule has 0 saturated carbocycles. The Bertz CT molecular complexity index is 1320. The van der Waals surface area contributed by atoms with E-state index >= 15 is 8.78 Å². The van der Waals surface area contributed by atoms with E-state index in [-0.39, 0.29) is 42.2 Å². The summed E-state index contributed by atoms with van der Waals surface area (Å²) in [5, 5.41) is 12.6. The number of nitrogens with one attached hydrogen (secondary N) is 1. The molecule has 194 valence electrons.